The molecule has 138 valence electrons. The van der Waals surface area contributed by atoms with E-state index in [9.17, 15) is 0 Å². The monoisotopic (exact) mass is 390 g/mol. The first-order valence-corrected chi connectivity index (χ1v) is 11.6. The van der Waals surface area contributed by atoms with Gasteiger partial charge in [-0.25, -0.2) is 0 Å². The van der Waals surface area contributed by atoms with Gasteiger partial charge in [-0.1, -0.05) is 66.7 Å². The molecule has 0 fully saturated rings. The Morgan fingerprint density at radius 3 is 1.41 bits per heavy atom. The molecule has 0 radical (unpaired) electrons. The molecule has 0 aliphatic carbocycles. The molecule has 0 aliphatic rings. The third kappa shape index (κ3) is 2.95. The van der Waals surface area contributed by atoms with E-state index in [1.807, 2.05) is 6.20 Å². The second-order valence-electron chi connectivity index (χ2n) is 7.02. The van der Waals surface area contributed by atoms with Crippen LogP contribution < -0.4 is 21.2 Å². The van der Waals surface area contributed by atoms with Gasteiger partial charge < -0.3 is 0 Å². The Morgan fingerprint density at radius 2 is 0.897 bits per heavy atom. The van der Waals surface area contributed by atoms with Gasteiger partial charge in [0.2, 0.25) is 0 Å². The molecule has 0 N–H and O–H groups in total. The zero-order valence-electron chi connectivity index (χ0n) is 16.0. The fourth-order valence-corrected chi connectivity index (χ4v) is 8.62. The van der Waals surface area contributed by atoms with Crippen LogP contribution in [0.2, 0.25) is 0 Å². The summed E-state index contributed by atoms with van der Waals surface area (Å²) in [7, 11) is -2.09. The van der Waals surface area contributed by atoms with E-state index >= 15 is 0 Å². The number of para-hydroxylation sites is 1. The van der Waals surface area contributed by atoms with Crippen molar-refractivity contribution in [2.75, 3.05) is 0 Å². The van der Waals surface area contributed by atoms with E-state index in [1.165, 1.54) is 26.6 Å². The molecule has 1 nitrogen and oxygen atoms in total. The maximum absolute atomic E-state index is 4.65. The Bertz CT molecular complexity index is 1130. The van der Waals surface area contributed by atoms with Gasteiger partial charge in [-0.3, -0.25) is 4.98 Å². The van der Waals surface area contributed by atoms with Crippen LogP contribution in [-0.4, -0.2) is 4.98 Å². The van der Waals surface area contributed by atoms with Gasteiger partial charge in [0.15, 0.2) is 0 Å². The molecule has 5 rings (SSSR count). The fraction of sp³-hybridized carbons (Fsp3) is 0. The summed E-state index contributed by atoms with van der Waals surface area (Å²) in [6, 6.07) is 43.6. The summed E-state index contributed by atoms with van der Waals surface area (Å²) in [5, 5.41) is 6.64. The predicted molar refractivity (Wildman–Crippen MR) is 127 cm³/mol. The van der Waals surface area contributed by atoms with Crippen molar-refractivity contribution in [3.63, 3.8) is 0 Å². The molecular formula is C27H21NP+. The minimum Gasteiger partial charge on any atom is -0.256 e. The second-order valence-corrected chi connectivity index (χ2v) is 10.4. The molecule has 4 aromatic carbocycles. The summed E-state index contributed by atoms with van der Waals surface area (Å²) in [6.45, 7) is 0. The normalized spacial score (nSPS) is 11.4. The first-order valence-electron chi connectivity index (χ1n) is 9.81. The second kappa shape index (κ2) is 7.62. The third-order valence-corrected chi connectivity index (χ3v) is 9.75. The van der Waals surface area contributed by atoms with Gasteiger partial charge in [0.1, 0.15) is 28.5 Å². The minimum absolute atomic E-state index is 1.04. The van der Waals surface area contributed by atoms with Crippen LogP contribution in [0.5, 0.6) is 0 Å². The molecule has 1 aromatic heterocycles. The van der Waals surface area contributed by atoms with Crippen LogP contribution in [0, 0.1) is 0 Å². The quantitative estimate of drug-likeness (QED) is 0.400. The van der Waals surface area contributed by atoms with E-state index in [4.69, 9.17) is 0 Å². The Labute approximate surface area is 172 Å². The standard InChI is InChI=1S/C27H21NP/c1-4-12-22(13-5-1)29(23-14-6-2-7-15-23,24-16-8-3-9-17-24)27-20-21-28-26-19-11-10-18-25(26)27/h1-21H/q+1. The highest BCUT2D eigenvalue weighted by molar-refractivity contribution is 8.01. The number of hydrogen-bond donors (Lipinski definition) is 0. The lowest BCUT2D eigenvalue weighted by Gasteiger charge is -2.28. The van der Waals surface area contributed by atoms with Crippen LogP contribution >= 0.6 is 7.26 Å². The zero-order chi connectivity index (χ0) is 19.5. The molecule has 0 amide bonds. The summed E-state index contributed by atoms with van der Waals surface area (Å²) < 4.78 is 0. The van der Waals surface area contributed by atoms with Crippen LogP contribution in [0.3, 0.4) is 0 Å². The molecule has 0 atom stereocenters. The molecule has 0 aliphatic heterocycles. The highest BCUT2D eigenvalue weighted by Gasteiger charge is 2.48. The first-order chi connectivity index (χ1) is 14.4. The van der Waals surface area contributed by atoms with Crippen LogP contribution in [0.15, 0.2) is 128 Å². The molecule has 0 bridgehead atoms. The molecular weight excluding hydrogens is 369 g/mol. The van der Waals surface area contributed by atoms with Crippen molar-refractivity contribution in [1.29, 1.82) is 0 Å². The predicted octanol–water partition coefficient (Wildman–Crippen LogP) is 4.85. The number of pyridine rings is 1. The lowest BCUT2D eigenvalue weighted by Crippen LogP contribution is -2.39. The molecule has 29 heavy (non-hydrogen) atoms. The van der Waals surface area contributed by atoms with Gasteiger partial charge in [0, 0.05) is 17.6 Å². The average molecular weight is 390 g/mol. The lowest BCUT2D eigenvalue weighted by atomic mass is 10.2. The molecule has 0 saturated carbocycles. The van der Waals surface area contributed by atoms with Gasteiger partial charge in [-0.05, 0) is 48.5 Å². The first kappa shape index (κ1) is 17.8. The van der Waals surface area contributed by atoms with Crippen LogP contribution in [-0.2, 0) is 0 Å². The van der Waals surface area contributed by atoms with Crippen molar-refractivity contribution in [3.05, 3.63) is 128 Å². The molecule has 0 spiro atoms. The van der Waals surface area contributed by atoms with Crippen molar-refractivity contribution in [3.8, 4) is 0 Å². The minimum atomic E-state index is -2.09. The van der Waals surface area contributed by atoms with E-state index in [0.717, 1.165) is 5.52 Å². The zero-order valence-corrected chi connectivity index (χ0v) is 16.9. The molecule has 0 saturated heterocycles. The number of benzene rings is 4. The molecule has 2 heteroatoms. The van der Waals surface area contributed by atoms with Gasteiger partial charge >= 0.3 is 0 Å². The van der Waals surface area contributed by atoms with E-state index in [-0.39, 0.29) is 0 Å². The van der Waals surface area contributed by atoms with Gasteiger partial charge in [-0.2, -0.15) is 0 Å². The highest BCUT2D eigenvalue weighted by Crippen LogP contribution is 2.55. The molecule has 0 unspecified atom stereocenters. The fourth-order valence-electron chi connectivity index (χ4n) is 4.19. The van der Waals surface area contributed by atoms with E-state index in [2.05, 4.69) is 126 Å². The van der Waals surface area contributed by atoms with Crippen LogP contribution in [0.4, 0.5) is 0 Å². The Kier molecular flexibility index (Phi) is 4.68. The van der Waals surface area contributed by atoms with Crippen molar-refractivity contribution >= 4 is 39.4 Å². The summed E-state index contributed by atoms with van der Waals surface area (Å²) in [5.74, 6) is 0. The Morgan fingerprint density at radius 1 is 0.448 bits per heavy atom. The summed E-state index contributed by atoms with van der Waals surface area (Å²) in [4.78, 5) is 4.65. The van der Waals surface area contributed by atoms with Crippen molar-refractivity contribution in [2.45, 2.75) is 0 Å². The van der Waals surface area contributed by atoms with Gasteiger partial charge in [0.25, 0.3) is 0 Å². The number of hydrogen-bond acceptors (Lipinski definition) is 1. The van der Waals surface area contributed by atoms with E-state index < -0.39 is 7.26 Å². The maximum atomic E-state index is 4.65. The van der Waals surface area contributed by atoms with E-state index in [1.54, 1.807) is 0 Å². The topological polar surface area (TPSA) is 12.9 Å². The average Bonchev–Trinajstić information content (AvgIpc) is 2.82. The van der Waals surface area contributed by atoms with Crippen molar-refractivity contribution in [2.24, 2.45) is 0 Å². The number of fused-ring (bicyclic) bond motifs is 1. The van der Waals surface area contributed by atoms with Crippen molar-refractivity contribution < 1.29 is 0 Å². The van der Waals surface area contributed by atoms with Crippen molar-refractivity contribution in [1.82, 2.24) is 4.98 Å². The number of rotatable bonds is 4. The summed E-state index contributed by atoms with van der Waals surface area (Å²) in [6.07, 6.45) is 1.96. The summed E-state index contributed by atoms with van der Waals surface area (Å²) >= 11 is 0. The smallest absolute Gasteiger partial charge is 0.145 e. The van der Waals surface area contributed by atoms with Crippen LogP contribution in [0.1, 0.15) is 0 Å². The van der Waals surface area contributed by atoms with E-state index in [0.29, 0.717) is 0 Å². The Balaban J connectivity index is 1.99. The lowest BCUT2D eigenvalue weighted by molar-refractivity contribution is 1.42. The number of nitrogens with zero attached hydrogens (tertiary/aromatic N) is 1. The Hall–Kier alpha value is -3.28. The van der Waals surface area contributed by atoms with Gasteiger partial charge in [0.05, 0.1) is 5.52 Å². The molecule has 1 heterocycles. The highest BCUT2D eigenvalue weighted by atomic mass is 31.2. The SMILES string of the molecule is c1ccc([P+](c2ccccc2)(c2ccccc2)c2ccnc3ccccc23)cc1. The molecule has 5 aromatic rings. The summed E-state index contributed by atoms with van der Waals surface area (Å²) in [5.41, 5.74) is 1.04. The van der Waals surface area contributed by atoms with Crippen LogP contribution in [0.25, 0.3) is 10.9 Å². The maximum Gasteiger partial charge on any atom is 0.145 e. The van der Waals surface area contributed by atoms with Gasteiger partial charge in [-0.15, -0.1) is 0 Å². The number of aromatic nitrogens is 1. The largest absolute Gasteiger partial charge is 0.256 e. The third-order valence-electron chi connectivity index (χ3n) is 5.42.